The number of benzene rings is 1. The molecule has 0 bridgehead atoms. The molecule has 1 aliphatic rings. The monoisotopic (exact) mass is 372 g/mol. The van der Waals surface area contributed by atoms with E-state index in [4.69, 9.17) is 11.6 Å². The number of aromatic nitrogens is 4. The zero-order valence-corrected chi connectivity index (χ0v) is 14.9. The molecule has 0 unspecified atom stereocenters. The zero-order chi connectivity index (χ0) is 18.1. The predicted molar refractivity (Wildman–Crippen MR) is 98.6 cm³/mol. The summed E-state index contributed by atoms with van der Waals surface area (Å²) in [6.07, 6.45) is 10.3. The Morgan fingerprint density at radius 1 is 1.15 bits per heavy atom. The van der Waals surface area contributed by atoms with Crippen molar-refractivity contribution < 1.29 is 4.39 Å². The first kappa shape index (κ1) is 17.1. The van der Waals surface area contributed by atoms with Gasteiger partial charge in [0, 0.05) is 18.9 Å². The SMILES string of the molecule is O=c1c2cc(F)c(-c3ncc(Cl)cn3)cc2ncn1CCCCC1CC1. The van der Waals surface area contributed by atoms with E-state index in [1.807, 2.05) is 0 Å². The van der Waals surface area contributed by atoms with Crippen molar-refractivity contribution in [1.82, 2.24) is 19.5 Å². The van der Waals surface area contributed by atoms with Gasteiger partial charge in [0.1, 0.15) is 5.82 Å². The summed E-state index contributed by atoms with van der Waals surface area (Å²) in [4.78, 5) is 25.0. The number of hydrogen-bond acceptors (Lipinski definition) is 4. The maximum atomic E-state index is 14.5. The van der Waals surface area contributed by atoms with Crippen LogP contribution in [-0.2, 0) is 6.54 Å². The summed E-state index contributed by atoms with van der Waals surface area (Å²) < 4.78 is 16.1. The molecule has 0 saturated heterocycles. The van der Waals surface area contributed by atoms with E-state index in [-0.39, 0.29) is 22.3 Å². The van der Waals surface area contributed by atoms with Crippen molar-refractivity contribution in [3.05, 3.63) is 52.0 Å². The number of nitrogens with zero attached hydrogens (tertiary/aromatic N) is 4. The summed E-state index contributed by atoms with van der Waals surface area (Å²) in [6.45, 7) is 0.609. The van der Waals surface area contributed by atoms with Gasteiger partial charge in [0.2, 0.25) is 0 Å². The molecule has 26 heavy (non-hydrogen) atoms. The molecule has 1 aliphatic carbocycles. The molecule has 3 aromatic rings. The fourth-order valence-electron chi connectivity index (χ4n) is 3.08. The normalized spacial score (nSPS) is 14.1. The largest absolute Gasteiger partial charge is 0.299 e. The minimum absolute atomic E-state index is 0.197. The van der Waals surface area contributed by atoms with Gasteiger partial charge in [-0.3, -0.25) is 9.36 Å². The van der Waals surface area contributed by atoms with Gasteiger partial charge >= 0.3 is 0 Å². The number of halogens is 2. The van der Waals surface area contributed by atoms with Gasteiger partial charge in [-0.05, 0) is 24.5 Å². The first-order chi connectivity index (χ1) is 12.6. The van der Waals surface area contributed by atoms with Gasteiger partial charge in [-0.2, -0.15) is 0 Å². The van der Waals surface area contributed by atoms with Crippen molar-refractivity contribution in [2.24, 2.45) is 5.92 Å². The highest BCUT2D eigenvalue weighted by Gasteiger charge is 2.20. The zero-order valence-electron chi connectivity index (χ0n) is 14.2. The predicted octanol–water partition coefficient (Wildman–Crippen LogP) is 4.23. The van der Waals surface area contributed by atoms with E-state index in [0.29, 0.717) is 17.1 Å². The second-order valence-electron chi connectivity index (χ2n) is 6.76. The fraction of sp³-hybridized carbons (Fsp3) is 0.368. The van der Waals surface area contributed by atoms with Crippen LogP contribution in [0, 0.1) is 11.7 Å². The molecule has 0 radical (unpaired) electrons. The lowest BCUT2D eigenvalue weighted by Crippen LogP contribution is -2.21. The first-order valence-electron chi connectivity index (χ1n) is 8.78. The highest BCUT2D eigenvalue weighted by molar-refractivity contribution is 6.30. The molecule has 2 heterocycles. The van der Waals surface area contributed by atoms with Crippen molar-refractivity contribution >= 4 is 22.5 Å². The average Bonchev–Trinajstić information content (AvgIpc) is 3.46. The summed E-state index contributed by atoms with van der Waals surface area (Å²) in [5.74, 6) is 0.550. The molecule has 1 saturated carbocycles. The molecule has 5 nitrogen and oxygen atoms in total. The first-order valence-corrected chi connectivity index (χ1v) is 9.16. The van der Waals surface area contributed by atoms with Crippen molar-refractivity contribution in [3.8, 4) is 11.4 Å². The van der Waals surface area contributed by atoms with Gasteiger partial charge in [0.25, 0.3) is 5.56 Å². The Kier molecular flexibility index (Phi) is 4.68. The lowest BCUT2D eigenvalue weighted by molar-refractivity contribution is 0.551. The summed E-state index contributed by atoms with van der Waals surface area (Å²) >= 11 is 5.77. The van der Waals surface area contributed by atoms with Crippen LogP contribution in [0.5, 0.6) is 0 Å². The minimum atomic E-state index is -0.551. The molecule has 0 spiro atoms. The molecule has 1 aromatic carbocycles. The fourth-order valence-corrected chi connectivity index (χ4v) is 3.18. The maximum absolute atomic E-state index is 14.5. The number of hydrogen-bond donors (Lipinski definition) is 0. The van der Waals surface area contributed by atoms with Gasteiger partial charge in [-0.25, -0.2) is 19.3 Å². The third kappa shape index (κ3) is 3.60. The molecular formula is C19H18ClFN4O. The Labute approximate surface area is 154 Å². The van der Waals surface area contributed by atoms with Crippen LogP contribution < -0.4 is 5.56 Å². The molecule has 0 N–H and O–H groups in total. The van der Waals surface area contributed by atoms with Crippen LogP contribution in [0.2, 0.25) is 5.02 Å². The number of unbranched alkanes of at least 4 members (excludes halogenated alkanes) is 1. The van der Waals surface area contributed by atoms with E-state index < -0.39 is 5.82 Å². The third-order valence-corrected chi connectivity index (χ3v) is 4.93. The number of rotatable bonds is 6. The summed E-state index contributed by atoms with van der Waals surface area (Å²) in [6, 6.07) is 2.73. The molecule has 2 aromatic heterocycles. The van der Waals surface area contributed by atoms with E-state index in [1.165, 1.54) is 50.1 Å². The topological polar surface area (TPSA) is 60.7 Å². The van der Waals surface area contributed by atoms with Crippen LogP contribution in [0.25, 0.3) is 22.3 Å². The van der Waals surface area contributed by atoms with E-state index in [1.54, 1.807) is 4.57 Å². The van der Waals surface area contributed by atoms with E-state index >= 15 is 0 Å². The quantitative estimate of drug-likeness (QED) is 0.607. The highest BCUT2D eigenvalue weighted by atomic mass is 35.5. The van der Waals surface area contributed by atoms with Crippen LogP contribution in [0.15, 0.2) is 35.6 Å². The Balaban J connectivity index is 1.61. The van der Waals surface area contributed by atoms with Gasteiger partial charge in [-0.15, -0.1) is 0 Å². The molecule has 0 amide bonds. The van der Waals surface area contributed by atoms with Gasteiger partial charge in [0.15, 0.2) is 5.82 Å². The molecular weight excluding hydrogens is 355 g/mol. The second-order valence-corrected chi connectivity index (χ2v) is 7.19. The van der Waals surface area contributed by atoms with E-state index in [2.05, 4.69) is 15.0 Å². The van der Waals surface area contributed by atoms with Gasteiger partial charge in [0.05, 0.1) is 27.8 Å². The molecule has 1 fully saturated rings. The molecule has 134 valence electrons. The Morgan fingerprint density at radius 2 is 1.92 bits per heavy atom. The van der Waals surface area contributed by atoms with Gasteiger partial charge in [-0.1, -0.05) is 37.3 Å². The maximum Gasteiger partial charge on any atom is 0.261 e. The number of fused-ring (bicyclic) bond motifs is 1. The third-order valence-electron chi connectivity index (χ3n) is 4.73. The second kappa shape index (κ2) is 7.11. The van der Waals surface area contributed by atoms with Crippen LogP contribution in [0.3, 0.4) is 0 Å². The van der Waals surface area contributed by atoms with Crippen LogP contribution in [0.4, 0.5) is 4.39 Å². The van der Waals surface area contributed by atoms with Gasteiger partial charge < -0.3 is 0 Å². The number of aryl methyl sites for hydroxylation is 1. The van der Waals surface area contributed by atoms with Crippen LogP contribution in [0.1, 0.15) is 32.1 Å². The summed E-state index contributed by atoms with van der Waals surface area (Å²) in [5, 5.41) is 0.641. The minimum Gasteiger partial charge on any atom is -0.299 e. The highest BCUT2D eigenvalue weighted by Crippen LogP contribution is 2.33. The van der Waals surface area contributed by atoms with Crippen molar-refractivity contribution in [1.29, 1.82) is 0 Å². The lowest BCUT2D eigenvalue weighted by atomic mass is 10.1. The molecule has 4 rings (SSSR count). The Bertz CT molecular complexity index is 999. The van der Waals surface area contributed by atoms with Crippen LogP contribution in [-0.4, -0.2) is 19.5 Å². The van der Waals surface area contributed by atoms with Crippen molar-refractivity contribution in [3.63, 3.8) is 0 Å². The lowest BCUT2D eigenvalue weighted by Gasteiger charge is -2.08. The summed E-state index contributed by atoms with van der Waals surface area (Å²) in [5.41, 5.74) is 0.409. The van der Waals surface area contributed by atoms with E-state index in [9.17, 15) is 9.18 Å². The average molecular weight is 373 g/mol. The van der Waals surface area contributed by atoms with Crippen LogP contribution >= 0.6 is 11.6 Å². The molecule has 7 heteroatoms. The molecule has 0 aliphatic heterocycles. The summed E-state index contributed by atoms with van der Waals surface area (Å²) in [7, 11) is 0. The molecule has 0 atom stereocenters. The van der Waals surface area contributed by atoms with E-state index in [0.717, 1.165) is 18.8 Å². The Morgan fingerprint density at radius 3 is 2.65 bits per heavy atom. The van der Waals surface area contributed by atoms with Crippen molar-refractivity contribution in [2.75, 3.05) is 0 Å². The standard InChI is InChI=1S/C19H18ClFN4O/c20-13-9-22-18(23-10-13)14-8-17-15(7-16(14)21)19(26)25(11-24-17)6-2-1-3-12-4-5-12/h7-12H,1-6H2. The smallest absolute Gasteiger partial charge is 0.261 e. The Hall–Kier alpha value is -2.34. The van der Waals surface area contributed by atoms with Crippen molar-refractivity contribution in [2.45, 2.75) is 38.6 Å².